The predicted octanol–water partition coefficient (Wildman–Crippen LogP) is 6.53. The summed E-state index contributed by atoms with van der Waals surface area (Å²) in [6.07, 6.45) is 2.21. The third kappa shape index (κ3) is 8.89. The summed E-state index contributed by atoms with van der Waals surface area (Å²) in [6.45, 7) is 4.20. The van der Waals surface area contributed by atoms with Gasteiger partial charge in [-0.15, -0.1) is 11.8 Å². The van der Waals surface area contributed by atoms with E-state index in [9.17, 15) is 19.5 Å². The van der Waals surface area contributed by atoms with Crippen molar-refractivity contribution in [1.29, 1.82) is 0 Å². The van der Waals surface area contributed by atoms with Crippen molar-refractivity contribution in [2.45, 2.75) is 44.8 Å². The zero-order valence-electron chi connectivity index (χ0n) is 22.2. The summed E-state index contributed by atoms with van der Waals surface area (Å²) in [5.41, 5.74) is 2.40. The molecule has 3 aromatic rings. The van der Waals surface area contributed by atoms with Crippen LogP contribution in [-0.2, 0) is 11.2 Å². The molecular weight excluding hydrogens is 516 g/mol. The number of ketones is 2. The molecule has 1 unspecified atom stereocenters. The molecule has 0 aliphatic rings. The van der Waals surface area contributed by atoms with Crippen LogP contribution in [0.5, 0.6) is 17.2 Å². The number of thioether (sulfide) groups is 1. The summed E-state index contributed by atoms with van der Waals surface area (Å²) in [5.74, 6) is -0.0592. The number of carboxylic acid groups (broad SMARTS) is 1. The van der Waals surface area contributed by atoms with Gasteiger partial charge < -0.3 is 19.7 Å². The fourth-order valence-corrected chi connectivity index (χ4v) is 5.06. The molecule has 0 bridgehead atoms. The first-order valence-electron chi connectivity index (χ1n) is 12.9. The zero-order valence-corrected chi connectivity index (χ0v) is 23.0. The predicted molar refractivity (Wildman–Crippen MR) is 152 cm³/mol. The van der Waals surface area contributed by atoms with E-state index in [1.54, 1.807) is 36.4 Å². The second-order valence-electron chi connectivity index (χ2n) is 9.05. The molecule has 0 aliphatic carbocycles. The van der Waals surface area contributed by atoms with Crippen LogP contribution >= 0.6 is 11.8 Å². The molecule has 1 atom stereocenters. The van der Waals surface area contributed by atoms with Gasteiger partial charge in [0.1, 0.15) is 17.2 Å². The molecule has 0 amide bonds. The highest BCUT2D eigenvalue weighted by molar-refractivity contribution is 8.00. The van der Waals surface area contributed by atoms with E-state index in [1.807, 2.05) is 37.3 Å². The van der Waals surface area contributed by atoms with E-state index in [4.69, 9.17) is 14.6 Å². The number of aliphatic carboxylic acids is 1. The van der Waals surface area contributed by atoms with E-state index in [2.05, 4.69) is 0 Å². The third-order valence-corrected chi connectivity index (χ3v) is 7.32. The number of ether oxygens (including phenoxy) is 2. The van der Waals surface area contributed by atoms with E-state index in [0.29, 0.717) is 54.2 Å². The number of rotatable bonds is 16. The molecule has 8 heteroatoms. The van der Waals surface area contributed by atoms with Gasteiger partial charge in [-0.25, -0.2) is 0 Å². The first-order valence-corrected chi connectivity index (χ1v) is 14.0. The number of Topliss-reactive ketones (excluding diaryl/α,β-unsaturated/α-hetero) is 2. The molecular formula is C31H34O7S. The quantitative estimate of drug-likeness (QED) is 0.153. The van der Waals surface area contributed by atoms with Crippen LogP contribution in [0.4, 0.5) is 0 Å². The average Bonchev–Trinajstić information content (AvgIpc) is 2.93. The van der Waals surface area contributed by atoms with Crippen LogP contribution in [0.25, 0.3) is 0 Å². The molecule has 0 spiro atoms. The number of phenols is 1. The van der Waals surface area contributed by atoms with Crippen LogP contribution in [0, 0.1) is 0 Å². The second kappa shape index (κ2) is 15.0. The molecule has 7 nitrogen and oxygen atoms in total. The lowest BCUT2D eigenvalue weighted by atomic mass is 10.0. The first kappa shape index (κ1) is 29.8. The molecule has 3 aromatic carbocycles. The van der Waals surface area contributed by atoms with Gasteiger partial charge in [0.25, 0.3) is 0 Å². The van der Waals surface area contributed by atoms with Crippen molar-refractivity contribution in [3.63, 3.8) is 0 Å². The summed E-state index contributed by atoms with van der Waals surface area (Å²) in [4.78, 5) is 35.7. The van der Waals surface area contributed by atoms with Crippen molar-refractivity contribution in [3.05, 3.63) is 89.0 Å². The molecule has 39 heavy (non-hydrogen) atoms. The number of carboxylic acids is 1. The number of aromatic hydroxyl groups is 1. The normalized spacial score (nSPS) is 11.5. The van der Waals surface area contributed by atoms with E-state index in [-0.39, 0.29) is 34.7 Å². The number of benzene rings is 3. The van der Waals surface area contributed by atoms with Gasteiger partial charge in [-0.2, -0.15) is 0 Å². The zero-order chi connectivity index (χ0) is 28.2. The maximum atomic E-state index is 12.9. The maximum Gasteiger partial charge on any atom is 0.313 e. The highest BCUT2D eigenvalue weighted by Gasteiger charge is 2.19. The SMILES string of the molecule is CCCc1c(OCCCOc2ccc(C(=O)CC(SCC(=O)O)c3ccccc3)cc2)ccc(C(C)=O)c1O. The maximum absolute atomic E-state index is 12.9. The van der Waals surface area contributed by atoms with Crippen LogP contribution in [0.2, 0.25) is 0 Å². The summed E-state index contributed by atoms with van der Waals surface area (Å²) in [5, 5.41) is 19.3. The highest BCUT2D eigenvalue weighted by Crippen LogP contribution is 2.34. The van der Waals surface area contributed by atoms with Gasteiger partial charge >= 0.3 is 5.97 Å². The van der Waals surface area contributed by atoms with E-state index in [0.717, 1.165) is 12.0 Å². The lowest BCUT2D eigenvalue weighted by molar-refractivity contribution is -0.133. The van der Waals surface area contributed by atoms with Gasteiger partial charge in [-0.05, 0) is 55.3 Å². The van der Waals surface area contributed by atoms with Crippen LogP contribution in [0.1, 0.15) is 70.2 Å². The molecule has 0 saturated carbocycles. The van der Waals surface area contributed by atoms with Crippen molar-refractivity contribution in [2.24, 2.45) is 0 Å². The standard InChI is InChI=1S/C31H34O7S/c1-3-8-26-28(16-15-25(21(2)32)31(26)36)38-18-7-17-37-24-13-11-22(12-14-24)27(33)19-29(39-20-30(34)35)23-9-5-4-6-10-23/h4-6,9-16,29,36H,3,7-8,17-20H2,1-2H3,(H,34,35). The Kier molecular flexibility index (Phi) is 11.4. The number of hydrogen-bond donors (Lipinski definition) is 2. The highest BCUT2D eigenvalue weighted by atomic mass is 32.2. The molecule has 0 aliphatic heterocycles. The van der Waals surface area contributed by atoms with Crippen molar-refractivity contribution >= 4 is 29.3 Å². The van der Waals surface area contributed by atoms with Crippen LogP contribution in [-0.4, -0.2) is 46.7 Å². The Morgan fingerprint density at radius 3 is 2.26 bits per heavy atom. The lowest BCUT2D eigenvalue weighted by Gasteiger charge is -2.16. The smallest absolute Gasteiger partial charge is 0.313 e. The number of carbonyl (C=O) groups excluding carboxylic acids is 2. The molecule has 0 fully saturated rings. The monoisotopic (exact) mass is 550 g/mol. The Bertz CT molecular complexity index is 1260. The first-order chi connectivity index (χ1) is 18.8. The van der Waals surface area contributed by atoms with Gasteiger partial charge in [-0.3, -0.25) is 14.4 Å². The summed E-state index contributed by atoms with van der Waals surface area (Å²) in [6, 6.07) is 19.7. The number of carbonyl (C=O) groups is 3. The van der Waals surface area contributed by atoms with Crippen LogP contribution in [0.3, 0.4) is 0 Å². The summed E-state index contributed by atoms with van der Waals surface area (Å²) >= 11 is 1.24. The van der Waals surface area contributed by atoms with Gasteiger partial charge in [0, 0.05) is 29.2 Å². The van der Waals surface area contributed by atoms with Crippen molar-refractivity contribution in [2.75, 3.05) is 19.0 Å². The molecule has 2 N–H and O–H groups in total. The van der Waals surface area contributed by atoms with E-state index in [1.165, 1.54) is 18.7 Å². The van der Waals surface area contributed by atoms with E-state index >= 15 is 0 Å². The largest absolute Gasteiger partial charge is 0.507 e. The van der Waals surface area contributed by atoms with Crippen molar-refractivity contribution < 1.29 is 34.1 Å². The average molecular weight is 551 g/mol. The Morgan fingerprint density at radius 1 is 0.923 bits per heavy atom. The summed E-state index contributed by atoms with van der Waals surface area (Å²) < 4.78 is 11.7. The minimum absolute atomic E-state index is 0.0108. The Labute approximate surface area is 233 Å². The fourth-order valence-electron chi connectivity index (χ4n) is 4.10. The van der Waals surface area contributed by atoms with Gasteiger partial charge in [0.15, 0.2) is 11.6 Å². The molecule has 0 radical (unpaired) electrons. The molecule has 3 rings (SSSR count). The minimum Gasteiger partial charge on any atom is -0.507 e. The molecule has 206 valence electrons. The summed E-state index contributed by atoms with van der Waals surface area (Å²) in [7, 11) is 0. The van der Waals surface area contributed by atoms with Gasteiger partial charge in [0.05, 0.1) is 24.5 Å². The Hall–Kier alpha value is -3.78. The topological polar surface area (TPSA) is 110 Å². The number of hydrogen-bond acceptors (Lipinski definition) is 7. The fraction of sp³-hybridized carbons (Fsp3) is 0.323. The molecule has 0 aromatic heterocycles. The molecule has 0 heterocycles. The minimum atomic E-state index is -0.911. The van der Waals surface area contributed by atoms with Crippen LogP contribution in [0.15, 0.2) is 66.7 Å². The van der Waals surface area contributed by atoms with E-state index < -0.39 is 5.97 Å². The number of phenolic OH excluding ortho intramolecular Hbond substituents is 1. The van der Waals surface area contributed by atoms with Crippen molar-refractivity contribution in [3.8, 4) is 17.2 Å². The Morgan fingerprint density at radius 2 is 1.62 bits per heavy atom. The van der Waals surface area contributed by atoms with Gasteiger partial charge in [-0.1, -0.05) is 43.7 Å². The molecule has 0 saturated heterocycles. The second-order valence-corrected chi connectivity index (χ2v) is 10.2. The third-order valence-electron chi connectivity index (χ3n) is 6.06. The lowest BCUT2D eigenvalue weighted by Crippen LogP contribution is -2.09. The van der Waals surface area contributed by atoms with Crippen LogP contribution < -0.4 is 9.47 Å². The Balaban J connectivity index is 1.50. The van der Waals surface area contributed by atoms with Gasteiger partial charge in [0.2, 0.25) is 0 Å². The van der Waals surface area contributed by atoms with Crippen molar-refractivity contribution in [1.82, 2.24) is 0 Å².